The summed E-state index contributed by atoms with van der Waals surface area (Å²) in [5.74, 6) is 0.0266. The molecule has 0 amide bonds. The summed E-state index contributed by atoms with van der Waals surface area (Å²) in [6, 6.07) is 0. The van der Waals surface area contributed by atoms with Crippen LogP contribution in [-0.2, 0) is 14.3 Å². The fraction of sp³-hybridized carbons (Fsp3) is 0.600. The molecule has 0 bridgehead atoms. The Kier molecular flexibility index (Phi) is 1.59. The molecule has 0 atom stereocenters. The quantitative estimate of drug-likeness (QED) is 0.366. The molecule has 1 heterocycles. The van der Waals surface area contributed by atoms with E-state index in [9.17, 15) is 8.42 Å². The summed E-state index contributed by atoms with van der Waals surface area (Å²) in [5, 5.41) is 0. The molecule has 1 aliphatic rings. The van der Waals surface area contributed by atoms with Crippen LogP contribution in [0.25, 0.3) is 0 Å². The third kappa shape index (κ3) is 1.80. The summed E-state index contributed by atoms with van der Waals surface area (Å²) in [6.45, 7) is 2.07. The Hall–Kier alpha value is -0.350. The van der Waals surface area contributed by atoms with E-state index >= 15 is 0 Å². The smallest absolute Gasteiger partial charge is 0.265 e. The van der Waals surface area contributed by atoms with E-state index in [1.807, 2.05) is 6.92 Å². The van der Waals surface area contributed by atoms with Crippen LogP contribution in [0.1, 0.15) is 6.92 Å². The summed E-state index contributed by atoms with van der Waals surface area (Å²) in [4.78, 5) is 0. The molecule has 52 valence electrons. The number of hydrogen-bond acceptors (Lipinski definition) is 3. The first kappa shape index (κ1) is 6.77. The fourth-order valence-corrected chi connectivity index (χ4v) is 1.48. The molecule has 0 aromatic rings. The van der Waals surface area contributed by atoms with Crippen molar-refractivity contribution in [3.05, 3.63) is 11.6 Å². The van der Waals surface area contributed by atoms with Crippen LogP contribution >= 0.6 is 0 Å². The van der Waals surface area contributed by atoms with Gasteiger partial charge in [0.1, 0.15) is 0 Å². The van der Waals surface area contributed by atoms with Gasteiger partial charge in [-0.1, -0.05) is 6.08 Å². The third-order valence-electron chi connectivity index (χ3n) is 1.10. The van der Waals surface area contributed by atoms with Crippen molar-refractivity contribution in [3.63, 3.8) is 0 Å². The van der Waals surface area contributed by atoms with E-state index in [4.69, 9.17) is 0 Å². The van der Waals surface area contributed by atoms with E-state index in [1.54, 1.807) is 6.08 Å². The maximum atomic E-state index is 10.5. The second-order valence-electron chi connectivity index (χ2n) is 2.04. The molecule has 0 fully saturated rings. The van der Waals surface area contributed by atoms with Gasteiger partial charge in [-0.25, -0.2) is 0 Å². The van der Waals surface area contributed by atoms with E-state index in [-0.39, 0.29) is 12.4 Å². The lowest BCUT2D eigenvalue weighted by Gasteiger charge is -2.08. The molecule has 4 heteroatoms. The molecule has 0 unspecified atom stereocenters. The molecular weight excluding hydrogens is 140 g/mol. The zero-order chi connectivity index (χ0) is 6.91. The van der Waals surface area contributed by atoms with Crippen LogP contribution in [0.5, 0.6) is 0 Å². The van der Waals surface area contributed by atoms with Gasteiger partial charge in [0.15, 0.2) is 0 Å². The van der Waals surface area contributed by atoms with Gasteiger partial charge in [-0.05, 0) is 12.5 Å². The van der Waals surface area contributed by atoms with E-state index in [0.717, 1.165) is 5.57 Å². The highest BCUT2D eigenvalue weighted by atomic mass is 32.2. The highest BCUT2D eigenvalue weighted by Crippen LogP contribution is 2.06. The van der Waals surface area contributed by atoms with Crippen molar-refractivity contribution in [2.45, 2.75) is 6.92 Å². The van der Waals surface area contributed by atoms with Crippen LogP contribution in [0.2, 0.25) is 0 Å². The molecule has 0 saturated heterocycles. The van der Waals surface area contributed by atoms with Gasteiger partial charge in [0.2, 0.25) is 0 Å². The molecule has 1 rings (SSSR count). The molecular formula is C5H8O3S. The third-order valence-corrected chi connectivity index (χ3v) is 2.15. The van der Waals surface area contributed by atoms with Gasteiger partial charge in [0, 0.05) is 0 Å². The predicted molar refractivity (Wildman–Crippen MR) is 33.5 cm³/mol. The summed E-state index contributed by atoms with van der Waals surface area (Å²) in [6.07, 6.45) is 1.67. The van der Waals surface area contributed by atoms with E-state index in [1.165, 1.54) is 0 Å². The van der Waals surface area contributed by atoms with Crippen LogP contribution in [0.3, 0.4) is 0 Å². The number of rotatable bonds is 0. The lowest BCUT2D eigenvalue weighted by atomic mass is 10.3. The predicted octanol–water partition coefficient (Wildman–Crippen LogP) is 0.293. The first-order valence-electron chi connectivity index (χ1n) is 2.63. The van der Waals surface area contributed by atoms with Crippen LogP contribution in [-0.4, -0.2) is 20.8 Å². The molecule has 0 aliphatic carbocycles. The molecule has 0 N–H and O–H groups in total. The van der Waals surface area contributed by atoms with E-state index in [0.29, 0.717) is 0 Å². The molecule has 0 radical (unpaired) electrons. The lowest BCUT2D eigenvalue weighted by Crippen LogP contribution is -2.15. The summed E-state index contributed by atoms with van der Waals surface area (Å²) in [5.41, 5.74) is 0.977. The lowest BCUT2D eigenvalue weighted by molar-refractivity contribution is 0.344. The zero-order valence-corrected chi connectivity index (χ0v) is 5.94. The van der Waals surface area contributed by atoms with Crippen molar-refractivity contribution in [3.8, 4) is 0 Å². The standard InChI is InChI=1S/C5H8O3S/c1-5-2-3-9(6,7)8-4-5/h2H,3-4H2,1H3. The SMILES string of the molecule is CC1=CCS(=O)(=O)OC1. The van der Waals surface area contributed by atoms with Gasteiger partial charge < -0.3 is 0 Å². The van der Waals surface area contributed by atoms with Gasteiger partial charge in [-0.3, -0.25) is 4.18 Å². The Balaban J connectivity index is 2.79. The molecule has 0 saturated carbocycles. The molecule has 3 nitrogen and oxygen atoms in total. The van der Waals surface area contributed by atoms with Crippen LogP contribution in [0, 0.1) is 0 Å². The highest BCUT2D eigenvalue weighted by Gasteiger charge is 2.13. The van der Waals surface area contributed by atoms with Crippen molar-refractivity contribution < 1.29 is 12.6 Å². The van der Waals surface area contributed by atoms with Gasteiger partial charge >= 0.3 is 0 Å². The second kappa shape index (κ2) is 2.11. The van der Waals surface area contributed by atoms with Gasteiger partial charge in [0.25, 0.3) is 10.1 Å². The summed E-state index contributed by atoms with van der Waals surface area (Å²) >= 11 is 0. The molecule has 0 aromatic carbocycles. The van der Waals surface area contributed by atoms with Crippen molar-refractivity contribution in [2.75, 3.05) is 12.4 Å². The summed E-state index contributed by atoms with van der Waals surface area (Å²) in [7, 11) is -3.19. The van der Waals surface area contributed by atoms with Crippen LogP contribution in [0.15, 0.2) is 11.6 Å². The maximum absolute atomic E-state index is 10.5. The molecule has 0 spiro atoms. The minimum Gasteiger partial charge on any atom is -0.265 e. The summed E-state index contributed by atoms with van der Waals surface area (Å²) < 4.78 is 25.5. The van der Waals surface area contributed by atoms with Gasteiger partial charge in [-0.2, -0.15) is 8.42 Å². The van der Waals surface area contributed by atoms with Crippen molar-refractivity contribution in [2.24, 2.45) is 0 Å². The van der Waals surface area contributed by atoms with E-state index in [2.05, 4.69) is 4.18 Å². The average Bonchev–Trinajstić information content (AvgIpc) is 1.78. The largest absolute Gasteiger partial charge is 0.271 e. The Morgan fingerprint density at radius 1 is 1.67 bits per heavy atom. The Bertz CT molecular complexity index is 225. The molecule has 9 heavy (non-hydrogen) atoms. The minimum atomic E-state index is -3.19. The first-order valence-corrected chi connectivity index (χ1v) is 4.21. The van der Waals surface area contributed by atoms with Crippen LogP contribution < -0.4 is 0 Å². The fourth-order valence-electron chi connectivity index (χ4n) is 0.534. The Morgan fingerprint density at radius 2 is 2.33 bits per heavy atom. The van der Waals surface area contributed by atoms with Crippen molar-refractivity contribution >= 4 is 10.1 Å². The highest BCUT2D eigenvalue weighted by molar-refractivity contribution is 7.86. The normalized spacial score (nSPS) is 25.2. The topological polar surface area (TPSA) is 43.4 Å². The van der Waals surface area contributed by atoms with E-state index < -0.39 is 10.1 Å². The monoisotopic (exact) mass is 148 g/mol. The van der Waals surface area contributed by atoms with Crippen molar-refractivity contribution in [1.29, 1.82) is 0 Å². The first-order chi connectivity index (χ1) is 4.10. The average molecular weight is 148 g/mol. The van der Waals surface area contributed by atoms with Gasteiger partial charge in [0.05, 0.1) is 12.4 Å². The number of hydrogen-bond donors (Lipinski definition) is 0. The second-order valence-corrected chi connectivity index (χ2v) is 3.72. The molecule has 1 aliphatic heterocycles. The Morgan fingerprint density at radius 3 is 2.67 bits per heavy atom. The Labute approximate surface area is 54.5 Å². The maximum Gasteiger partial charge on any atom is 0.271 e. The molecule has 0 aromatic heterocycles. The minimum absolute atomic E-state index is 0.0266. The van der Waals surface area contributed by atoms with Gasteiger partial charge in [-0.15, -0.1) is 0 Å². The van der Waals surface area contributed by atoms with Crippen molar-refractivity contribution in [1.82, 2.24) is 0 Å². The van der Waals surface area contributed by atoms with Crippen LogP contribution in [0.4, 0.5) is 0 Å². The zero-order valence-electron chi connectivity index (χ0n) is 5.12.